The van der Waals surface area contributed by atoms with Crippen LogP contribution in [0.25, 0.3) is 10.2 Å². The normalized spacial score (nSPS) is 11.7. The van der Waals surface area contributed by atoms with Crippen molar-refractivity contribution in [3.63, 3.8) is 0 Å². The molecular weight excluding hydrogens is 344 g/mol. The van der Waals surface area contributed by atoms with Gasteiger partial charge >= 0.3 is 4.87 Å². The van der Waals surface area contributed by atoms with Crippen molar-refractivity contribution in [3.05, 3.63) is 62.7 Å². The molecule has 1 aromatic heterocycles. The molecule has 0 bridgehead atoms. The van der Waals surface area contributed by atoms with E-state index in [1.165, 1.54) is 0 Å². The fourth-order valence-corrected chi connectivity index (χ4v) is 4.12. The van der Waals surface area contributed by atoms with Gasteiger partial charge in [-0.3, -0.25) is 9.52 Å². The molecule has 0 radical (unpaired) electrons. The van der Waals surface area contributed by atoms with E-state index in [2.05, 4.69) is 9.71 Å². The van der Waals surface area contributed by atoms with Gasteiger partial charge in [-0.05, 0) is 35.9 Å². The van der Waals surface area contributed by atoms with Gasteiger partial charge in [0, 0.05) is 5.02 Å². The van der Waals surface area contributed by atoms with Gasteiger partial charge in [-0.15, -0.1) is 0 Å². The second-order valence-electron chi connectivity index (χ2n) is 4.71. The Kier molecular flexibility index (Phi) is 3.94. The monoisotopic (exact) mass is 354 g/mol. The molecule has 3 aromatic rings. The molecule has 3 rings (SSSR count). The van der Waals surface area contributed by atoms with E-state index in [1.807, 2.05) is 0 Å². The van der Waals surface area contributed by atoms with E-state index < -0.39 is 10.0 Å². The van der Waals surface area contributed by atoms with Crippen molar-refractivity contribution in [1.82, 2.24) is 4.98 Å². The first-order chi connectivity index (χ1) is 10.4. The number of benzene rings is 2. The predicted molar refractivity (Wildman–Crippen MR) is 90.1 cm³/mol. The first kappa shape index (κ1) is 15.1. The summed E-state index contributed by atoms with van der Waals surface area (Å²) in [5.41, 5.74) is 1.76. The molecule has 8 heteroatoms. The summed E-state index contributed by atoms with van der Waals surface area (Å²) in [4.78, 5) is 13.8. The minimum atomic E-state index is -3.54. The van der Waals surface area contributed by atoms with Gasteiger partial charge < -0.3 is 4.98 Å². The summed E-state index contributed by atoms with van der Waals surface area (Å²) in [6.45, 7) is 0. The highest BCUT2D eigenvalue weighted by Crippen LogP contribution is 2.21. The number of fused-ring (bicyclic) bond motifs is 1. The number of hydrogen-bond donors (Lipinski definition) is 2. The van der Waals surface area contributed by atoms with Crippen LogP contribution in [0.1, 0.15) is 5.56 Å². The molecule has 1 heterocycles. The molecule has 2 N–H and O–H groups in total. The Labute approximate surface area is 135 Å². The Bertz CT molecular complexity index is 975. The van der Waals surface area contributed by atoms with E-state index in [4.69, 9.17) is 11.6 Å². The summed E-state index contributed by atoms with van der Waals surface area (Å²) in [6, 6.07) is 11.6. The smallest absolute Gasteiger partial charge is 0.305 e. The molecule has 0 unspecified atom stereocenters. The fraction of sp³-hybridized carbons (Fsp3) is 0.0714. The van der Waals surface area contributed by atoms with Crippen molar-refractivity contribution in [2.24, 2.45) is 0 Å². The third-order valence-electron chi connectivity index (χ3n) is 2.96. The van der Waals surface area contributed by atoms with Gasteiger partial charge in [0.1, 0.15) is 0 Å². The molecule has 0 atom stereocenters. The zero-order valence-electron chi connectivity index (χ0n) is 11.2. The zero-order chi connectivity index (χ0) is 15.7. The third-order valence-corrected chi connectivity index (χ3v) is 5.32. The number of sulfonamides is 1. The zero-order valence-corrected chi connectivity index (χ0v) is 13.6. The minimum Gasteiger partial charge on any atom is -0.312 e. The van der Waals surface area contributed by atoms with Gasteiger partial charge in [-0.1, -0.05) is 35.1 Å². The number of aromatic nitrogens is 1. The van der Waals surface area contributed by atoms with Crippen molar-refractivity contribution in [2.45, 2.75) is 5.75 Å². The van der Waals surface area contributed by atoms with Gasteiger partial charge in [0.2, 0.25) is 10.0 Å². The average molecular weight is 355 g/mol. The number of rotatable bonds is 4. The van der Waals surface area contributed by atoms with Crippen LogP contribution < -0.4 is 9.60 Å². The lowest BCUT2D eigenvalue weighted by Crippen LogP contribution is -2.14. The Morgan fingerprint density at radius 2 is 1.86 bits per heavy atom. The number of hydrogen-bond acceptors (Lipinski definition) is 4. The second-order valence-corrected chi connectivity index (χ2v) is 7.89. The van der Waals surface area contributed by atoms with Gasteiger partial charge in [-0.2, -0.15) is 0 Å². The van der Waals surface area contributed by atoms with Crippen molar-refractivity contribution in [3.8, 4) is 0 Å². The van der Waals surface area contributed by atoms with E-state index in [9.17, 15) is 13.2 Å². The molecule has 0 aliphatic carbocycles. The Balaban J connectivity index is 1.82. The highest BCUT2D eigenvalue weighted by molar-refractivity contribution is 7.91. The van der Waals surface area contributed by atoms with Gasteiger partial charge in [0.15, 0.2) is 0 Å². The van der Waals surface area contributed by atoms with E-state index in [0.717, 1.165) is 11.3 Å². The lowest BCUT2D eigenvalue weighted by atomic mass is 10.2. The molecule has 5 nitrogen and oxygen atoms in total. The first-order valence-corrected chi connectivity index (χ1v) is 9.14. The number of aromatic amines is 1. The van der Waals surface area contributed by atoms with Gasteiger partial charge in [0.25, 0.3) is 0 Å². The quantitative estimate of drug-likeness (QED) is 0.755. The Morgan fingerprint density at radius 3 is 2.59 bits per heavy atom. The van der Waals surface area contributed by atoms with Crippen LogP contribution in [0.3, 0.4) is 0 Å². The number of thiazole rings is 1. The highest BCUT2D eigenvalue weighted by atomic mass is 35.5. The highest BCUT2D eigenvalue weighted by Gasteiger charge is 2.12. The molecule has 114 valence electrons. The van der Waals surface area contributed by atoms with Gasteiger partial charge in [0.05, 0.1) is 21.7 Å². The number of H-pyrrole nitrogens is 1. The largest absolute Gasteiger partial charge is 0.312 e. The Hall–Kier alpha value is -1.83. The van der Waals surface area contributed by atoms with Crippen LogP contribution in [-0.4, -0.2) is 13.4 Å². The van der Waals surface area contributed by atoms with Crippen LogP contribution in [0.2, 0.25) is 5.02 Å². The number of anilines is 1. The van der Waals surface area contributed by atoms with E-state index >= 15 is 0 Å². The summed E-state index contributed by atoms with van der Waals surface area (Å²) >= 11 is 6.82. The SMILES string of the molecule is O=c1[nH]c2ccc(NS(=O)(=O)Cc3ccc(Cl)cc3)cc2s1. The molecule has 2 aromatic carbocycles. The molecule has 0 aliphatic rings. The van der Waals surface area contributed by atoms with Crippen LogP contribution >= 0.6 is 22.9 Å². The predicted octanol–water partition coefficient (Wildman–Crippen LogP) is 3.18. The maximum Gasteiger partial charge on any atom is 0.305 e. The molecule has 0 saturated carbocycles. The number of nitrogens with one attached hydrogen (secondary N) is 2. The molecule has 0 amide bonds. The molecular formula is C14H11ClN2O3S2. The van der Waals surface area contributed by atoms with Gasteiger partial charge in [-0.25, -0.2) is 8.42 Å². The van der Waals surface area contributed by atoms with E-state index in [0.29, 0.717) is 26.5 Å². The first-order valence-electron chi connectivity index (χ1n) is 6.29. The van der Waals surface area contributed by atoms with Crippen LogP contribution in [0, 0.1) is 0 Å². The van der Waals surface area contributed by atoms with Crippen molar-refractivity contribution < 1.29 is 8.42 Å². The summed E-state index contributed by atoms with van der Waals surface area (Å²) in [7, 11) is -3.54. The maximum absolute atomic E-state index is 12.2. The topological polar surface area (TPSA) is 79.0 Å². The summed E-state index contributed by atoms with van der Waals surface area (Å²) in [5, 5.41) is 0.557. The van der Waals surface area contributed by atoms with Crippen molar-refractivity contribution >= 4 is 48.9 Å². The maximum atomic E-state index is 12.2. The molecule has 22 heavy (non-hydrogen) atoms. The minimum absolute atomic E-state index is 0.147. The second kappa shape index (κ2) is 5.75. The van der Waals surface area contributed by atoms with Crippen LogP contribution in [0.15, 0.2) is 47.3 Å². The molecule has 0 spiro atoms. The fourth-order valence-electron chi connectivity index (χ4n) is 2.02. The van der Waals surface area contributed by atoms with E-state index in [-0.39, 0.29) is 10.6 Å². The summed E-state index contributed by atoms with van der Waals surface area (Å²) in [5.74, 6) is -0.147. The van der Waals surface area contributed by atoms with Crippen LogP contribution in [-0.2, 0) is 15.8 Å². The van der Waals surface area contributed by atoms with Crippen molar-refractivity contribution in [1.29, 1.82) is 0 Å². The lowest BCUT2D eigenvalue weighted by Gasteiger charge is -2.08. The van der Waals surface area contributed by atoms with Crippen LogP contribution in [0.5, 0.6) is 0 Å². The molecule has 0 aliphatic heterocycles. The lowest BCUT2D eigenvalue weighted by molar-refractivity contribution is 0.600. The third kappa shape index (κ3) is 3.49. The Morgan fingerprint density at radius 1 is 1.14 bits per heavy atom. The summed E-state index contributed by atoms with van der Waals surface area (Å²) < 4.78 is 27.6. The average Bonchev–Trinajstić information content (AvgIpc) is 2.80. The molecule has 0 fully saturated rings. The molecule has 0 saturated heterocycles. The standard InChI is InChI=1S/C14H11ClN2O3S2/c15-10-3-1-9(2-4-10)8-22(19,20)17-11-5-6-12-13(7-11)21-14(18)16-12/h1-7,17H,8H2,(H,16,18). The van der Waals surface area contributed by atoms with E-state index in [1.54, 1.807) is 42.5 Å². The van der Waals surface area contributed by atoms with Crippen molar-refractivity contribution in [2.75, 3.05) is 4.72 Å². The number of halogens is 1. The summed E-state index contributed by atoms with van der Waals surface area (Å²) in [6.07, 6.45) is 0. The van der Waals surface area contributed by atoms with Crippen LogP contribution in [0.4, 0.5) is 5.69 Å².